The summed E-state index contributed by atoms with van der Waals surface area (Å²) < 4.78 is 0. The summed E-state index contributed by atoms with van der Waals surface area (Å²) in [5.41, 5.74) is 5.02. The monoisotopic (exact) mass is 399 g/mol. The van der Waals surface area contributed by atoms with Crippen molar-refractivity contribution in [2.45, 2.75) is 129 Å². The van der Waals surface area contributed by atoms with Crippen LogP contribution in [0.2, 0.25) is 0 Å². The summed E-state index contributed by atoms with van der Waals surface area (Å²) in [6, 6.07) is 4.53. The first-order valence-corrected chi connectivity index (χ1v) is 12.7. The molecule has 0 atom stereocenters. The number of nitrogens with one attached hydrogen (secondary N) is 1. The van der Waals surface area contributed by atoms with E-state index in [-0.39, 0.29) is 0 Å². The summed E-state index contributed by atoms with van der Waals surface area (Å²) in [5, 5.41) is 11.3. The number of rotatable bonds is 18. The quantitative estimate of drug-likeness (QED) is 0.256. The highest BCUT2D eigenvalue weighted by atomic mass is 15.3. The Labute approximate surface area is 179 Å². The lowest BCUT2D eigenvalue weighted by atomic mass is 9.96. The Balaban J connectivity index is 1.52. The molecule has 0 aliphatic rings. The van der Waals surface area contributed by atoms with Gasteiger partial charge in [-0.2, -0.15) is 15.4 Å². The predicted molar refractivity (Wildman–Crippen MR) is 127 cm³/mol. The molecule has 164 valence electrons. The second-order valence-corrected chi connectivity index (χ2v) is 8.88. The average Bonchev–Trinajstić information content (AvgIpc) is 3.19. The van der Waals surface area contributed by atoms with Crippen LogP contribution in [0.4, 0.5) is 0 Å². The van der Waals surface area contributed by atoms with Crippen LogP contribution in [-0.2, 0) is 12.8 Å². The molecule has 2 rings (SSSR count). The number of aryl methyl sites for hydroxylation is 2. The number of unbranched alkanes of at least 4 members (excludes halogenated alkanes) is 14. The molecule has 0 spiro atoms. The minimum absolute atomic E-state index is 1.01. The van der Waals surface area contributed by atoms with E-state index in [9.17, 15) is 0 Å². The molecule has 0 unspecified atom stereocenters. The van der Waals surface area contributed by atoms with Crippen molar-refractivity contribution in [3.63, 3.8) is 0 Å². The molecule has 0 aliphatic heterocycles. The van der Waals surface area contributed by atoms with Crippen molar-refractivity contribution in [2.24, 2.45) is 0 Å². The number of benzene rings is 1. The third kappa shape index (κ3) is 9.78. The van der Waals surface area contributed by atoms with Gasteiger partial charge in [-0.3, -0.25) is 0 Å². The fourth-order valence-corrected chi connectivity index (χ4v) is 4.32. The second kappa shape index (κ2) is 15.5. The first kappa shape index (κ1) is 23.9. The van der Waals surface area contributed by atoms with E-state index >= 15 is 0 Å². The SMILES string of the molecule is CCCCCCCCCCCCCCCCc1cc2n[nH]nc2cc1CCCC. The maximum atomic E-state index is 4.28. The van der Waals surface area contributed by atoms with E-state index in [1.807, 2.05) is 0 Å². The third-order valence-electron chi connectivity index (χ3n) is 6.24. The molecule has 3 heteroatoms. The summed E-state index contributed by atoms with van der Waals surface area (Å²) in [6.07, 6.45) is 24.7. The van der Waals surface area contributed by atoms with Crippen molar-refractivity contribution in [1.29, 1.82) is 0 Å². The largest absolute Gasteiger partial charge is 0.197 e. The molecule has 0 bridgehead atoms. The molecule has 0 saturated carbocycles. The lowest BCUT2D eigenvalue weighted by molar-refractivity contribution is 0.535. The lowest BCUT2D eigenvalue weighted by Crippen LogP contribution is -1.96. The molecule has 1 N–H and O–H groups in total. The minimum atomic E-state index is 1.01. The summed E-state index contributed by atoms with van der Waals surface area (Å²) in [4.78, 5) is 0. The van der Waals surface area contributed by atoms with Crippen LogP contribution in [0.5, 0.6) is 0 Å². The zero-order chi connectivity index (χ0) is 20.6. The van der Waals surface area contributed by atoms with Gasteiger partial charge in [-0.25, -0.2) is 0 Å². The van der Waals surface area contributed by atoms with Gasteiger partial charge in [0.25, 0.3) is 0 Å². The first-order chi connectivity index (χ1) is 14.3. The predicted octanol–water partition coefficient (Wildman–Crippen LogP) is 8.32. The van der Waals surface area contributed by atoms with Gasteiger partial charge in [-0.15, -0.1) is 0 Å². The number of aromatic amines is 1. The summed E-state index contributed by atoms with van der Waals surface area (Å²) in [5.74, 6) is 0. The van der Waals surface area contributed by atoms with E-state index in [1.165, 1.54) is 127 Å². The minimum Gasteiger partial charge on any atom is -0.197 e. The average molecular weight is 400 g/mol. The lowest BCUT2D eigenvalue weighted by Gasteiger charge is -2.09. The Hall–Kier alpha value is -1.38. The van der Waals surface area contributed by atoms with Gasteiger partial charge in [-0.1, -0.05) is 104 Å². The molecule has 1 heterocycles. The van der Waals surface area contributed by atoms with Crippen molar-refractivity contribution in [3.05, 3.63) is 23.3 Å². The van der Waals surface area contributed by atoms with Crippen LogP contribution in [0.3, 0.4) is 0 Å². The zero-order valence-electron chi connectivity index (χ0n) is 19.3. The molecule has 0 amide bonds. The van der Waals surface area contributed by atoms with Crippen LogP contribution >= 0.6 is 0 Å². The van der Waals surface area contributed by atoms with Gasteiger partial charge in [-0.05, 0) is 48.9 Å². The molecular weight excluding hydrogens is 354 g/mol. The summed E-state index contributed by atoms with van der Waals surface area (Å²) >= 11 is 0. The molecule has 0 fully saturated rings. The number of hydrogen-bond acceptors (Lipinski definition) is 2. The molecule has 29 heavy (non-hydrogen) atoms. The Morgan fingerprint density at radius 2 is 0.897 bits per heavy atom. The van der Waals surface area contributed by atoms with Gasteiger partial charge in [0, 0.05) is 0 Å². The van der Waals surface area contributed by atoms with Crippen LogP contribution in [-0.4, -0.2) is 15.4 Å². The fourth-order valence-electron chi connectivity index (χ4n) is 4.32. The maximum Gasteiger partial charge on any atom is 0.113 e. The molecule has 1 aromatic carbocycles. The Kier molecular flexibility index (Phi) is 12.7. The van der Waals surface area contributed by atoms with Crippen molar-refractivity contribution in [2.75, 3.05) is 0 Å². The topological polar surface area (TPSA) is 41.6 Å². The fraction of sp³-hybridized carbons (Fsp3) is 0.769. The number of H-pyrrole nitrogens is 1. The molecule has 0 radical (unpaired) electrons. The smallest absolute Gasteiger partial charge is 0.113 e. The van der Waals surface area contributed by atoms with E-state index in [0.29, 0.717) is 0 Å². The van der Waals surface area contributed by atoms with Crippen LogP contribution < -0.4 is 0 Å². The van der Waals surface area contributed by atoms with Gasteiger partial charge < -0.3 is 0 Å². The summed E-state index contributed by atoms with van der Waals surface area (Å²) in [6.45, 7) is 4.56. The highest BCUT2D eigenvalue weighted by Gasteiger charge is 2.07. The maximum absolute atomic E-state index is 4.28. The van der Waals surface area contributed by atoms with Crippen LogP contribution in [0.1, 0.15) is 128 Å². The van der Waals surface area contributed by atoms with Gasteiger partial charge >= 0.3 is 0 Å². The zero-order valence-corrected chi connectivity index (χ0v) is 19.3. The van der Waals surface area contributed by atoms with E-state index < -0.39 is 0 Å². The van der Waals surface area contributed by atoms with E-state index in [1.54, 1.807) is 0 Å². The van der Waals surface area contributed by atoms with Crippen molar-refractivity contribution >= 4 is 11.0 Å². The Bertz CT molecular complexity index is 646. The van der Waals surface area contributed by atoms with E-state index in [2.05, 4.69) is 41.4 Å². The van der Waals surface area contributed by atoms with Crippen LogP contribution in [0.15, 0.2) is 12.1 Å². The summed E-state index contributed by atoms with van der Waals surface area (Å²) in [7, 11) is 0. The van der Waals surface area contributed by atoms with E-state index in [0.717, 1.165) is 11.0 Å². The van der Waals surface area contributed by atoms with Crippen LogP contribution in [0.25, 0.3) is 11.0 Å². The number of hydrogen-bond donors (Lipinski definition) is 1. The van der Waals surface area contributed by atoms with Crippen molar-refractivity contribution in [3.8, 4) is 0 Å². The molecule has 0 aliphatic carbocycles. The number of fused-ring (bicyclic) bond motifs is 1. The molecular formula is C26H45N3. The second-order valence-electron chi connectivity index (χ2n) is 8.88. The van der Waals surface area contributed by atoms with Gasteiger partial charge in [0.15, 0.2) is 0 Å². The molecule has 0 saturated heterocycles. The third-order valence-corrected chi connectivity index (χ3v) is 6.24. The first-order valence-electron chi connectivity index (χ1n) is 12.7. The van der Waals surface area contributed by atoms with Gasteiger partial charge in [0.05, 0.1) is 0 Å². The van der Waals surface area contributed by atoms with Crippen molar-refractivity contribution in [1.82, 2.24) is 15.4 Å². The van der Waals surface area contributed by atoms with Gasteiger partial charge in [0.2, 0.25) is 0 Å². The molecule has 2 aromatic rings. The molecule has 1 aromatic heterocycles. The van der Waals surface area contributed by atoms with Gasteiger partial charge in [0.1, 0.15) is 11.0 Å². The van der Waals surface area contributed by atoms with Crippen LogP contribution in [0, 0.1) is 0 Å². The highest BCUT2D eigenvalue weighted by Crippen LogP contribution is 2.21. The number of aromatic nitrogens is 3. The molecule has 3 nitrogen and oxygen atoms in total. The Morgan fingerprint density at radius 3 is 1.34 bits per heavy atom. The number of nitrogens with zero attached hydrogens (tertiary/aromatic N) is 2. The van der Waals surface area contributed by atoms with Crippen molar-refractivity contribution < 1.29 is 0 Å². The Morgan fingerprint density at radius 1 is 0.517 bits per heavy atom. The highest BCUT2D eigenvalue weighted by molar-refractivity contribution is 5.75. The standard InChI is InChI=1S/C26H45N3/c1-3-5-7-8-9-10-11-12-13-14-15-16-17-18-20-24-22-26-25(27-29-28-26)21-23(24)19-6-4-2/h21-22H,3-20H2,1-2H3,(H,27,28,29). The van der Waals surface area contributed by atoms with E-state index in [4.69, 9.17) is 0 Å². The normalized spacial score (nSPS) is 11.5.